The predicted octanol–water partition coefficient (Wildman–Crippen LogP) is 3.83. The summed E-state index contributed by atoms with van der Waals surface area (Å²) in [5, 5.41) is 0. The molecule has 0 amide bonds. The lowest BCUT2D eigenvalue weighted by molar-refractivity contribution is 0.156. The van der Waals surface area contributed by atoms with Crippen molar-refractivity contribution in [3.05, 3.63) is 35.9 Å². The van der Waals surface area contributed by atoms with Gasteiger partial charge in [0, 0.05) is 12.6 Å². The first-order chi connectivity index (χ1) is 9.01. The van der Waals surface area contributed by atoms with Gasteiger partial charge in [-0.2, -0.15) is 0 Å². The minimum Gasteiger partial charge on any atom is -0.323 e. The van der Waals surface area contributed by atoms with Gasteiger partial charge >= 0.3 is 0 Å². The summed E-state index contributed by atoms with van der Waals surface area (Å²) >= 11 is 0. The number of hydrogen-bond acceptors (Lipinski definition) is 2. The van der Waals surface area contributed by atoms with Crippen molar-refractivity contribution in [2.75, 3.05) is 19.6 Å². The Kier molecular flexibility index (Phi) is 6.53. The average molecular weight is 262 g/mol. The van der Waals surface area contributed by atoms with E-state index in [0.29, 0.717) is 0 Å². The highest BCUT2D eigenvalue weighted by atomic mass is 15.1. The van der Waals surface area contributed by atoms with E-state index in [4.69, 9.17) is 5.73 Å². The molecule has 0 aliphatic carbocycles. The average Bonchev–Trinajstić information content (AvgIpc) is 2.43. The molecule has 1 atom stereocenters. The lowest BCUT2D eigenvalue weighted by atomic mass is 9.80. The largest absolute Gasteiger partial charge is 0.323 e. The van der Waals surface area contributed by atoms with Crippen LogP contribution in [0, 0.1) is 5.41 Å². The molecule has 1 aromatic rings. The van der Waals surface area contributed by atoms with Gasteiger partial charge in [0.25, 0.3) is 0 Å². The summed E-state index contributed by atoms with van der Waals surface area (Å²) < 4.78 is 0. The van der Waals surface area contributed by atoms with Crippen LogP contribution in [-0.2, 0) is 0 Å². The second kappa shape index (κ2) is 7.66. The van der Waals surface area contributed by atoms with Gasteiger partial charge in [-0.15, -0.1) is 0 Å². The van der Waals surface area contributed by atoms with Gasteiger partial charge in [0.05, 0.1) is 0 Å². The van der Waals surface area contributed by atoms with Crippen LogP contribution in [-0.4, -0.2) is 24.5 Å². The molecule has 0 saturated heterocycles. The predicted molar refractivity (Wildman–Crippen MR) is 84.2 cm³/mol. The SMILES string of the molecule is CCCCN(CC)CC(C)(C)C(N)c1ccccc1. The Morgan fingerprint density at radius 2 is 1.79 bits per heavy atom. The fourth-order valence-electron chi connectivity index (χ4n) is 2.52. The zero-order chi connectivity index (χ0) is 14.3. The molecule has 1 aromatic carbocycles. The van der Waals surface area contributed by atoms with Gasteiger partial charge in [0.1, 0.15) is 0 Å². The second-order valence-electron chi connectivity index (χ2n) is 6.10. The van der Waals surface area contributed by atoms with Crippen molar-refractivity contribution in [2.45, 2.75) is 46.6 Å². The zero-order valence-electron chi connectivity index (χ0n) is 13.0. The minimum atomic E-state index is 0.0874. The van der Waals surface area contributed by atoms with E-state index in [-0.39, 0.29) is 11.5 Å². The van der Waals surface area contributed by atoms with Crippen LogP contribution in [0.25, 0.3) is 0 Å². The van der Waals surface area contributed by atoms with Crippen molar-refractivity contribution in [3.8, 4) is 0 Å². The Bertz CT molecular complexity index is 346. The molecule has 1 rings (SSSR count). The summed E-state index contributed by atoms with van der Waals surface area (Å²) in [6.45, 7) is 12.4. The van der Waals surface area contributed by atoms with E-state index in [1.54, 1.807) is 0 Å². The second-order valence-corrected chi connectivity index (χ2v) is 6.10. The minimum absolute atomic E-state index is 0.0874. The molecule has 0 saturated carbocycles. The smallest absolute Gasteiger partial charge is 0.0359 e. The first-order valence-electron chi connectivity index (χ1n) is 7.54. The molecule has 1 unspecified atom stereocenters. The summed E-state index contributed by atoms with van der Waals surface area (Å²) in [5.41, 5.74) is 7.80. The maximum Gasteiger partial charge on any atom is 0.0359 e. The first-order valence-corrected chi connectivity index (χ1v) is 7.54. The van der Waals surface area contributed by atoms with Crippen molar-refractivity contribution in [3.63, 3.8) is 0 Å². The topological polar surface area (TPSA) is 29.3 Å². The third kappa shape index (κ3) is 4.96. The van der Waals surface area contributed by atoms with Gasteiger partial charge < -0.3 is 10.6 Å². The van der Waals surface area contributed by atoms with E-state index in [1.165, 1.54) is 24.9 Å². The van der Waals surface area contributed by atoms with Crippen molar-refractivity contribution < 1.29 is 0 Å². The lowest BCUT2D eigenvalue weighted by Gasteiger charge is -2.37. The summed E-state index contributed by atoms with van der Waals surface area (Å²) in [6.07, 6.45) is 2.52. The summed E-state index contributed by atoms with van der Waals surface area (Å²) in [4.78, 5) is 2.52. The van der Waals surface area contributed by atoms with Crippen LogP contribution < -0.4 is 5.73 Å². The van der Waals surface area contributed by atoms with E-state index < -0.39 is 0 Å². The van der Waals surface area contributed by atoms with E-state index in [9.17, 15) is 0 Å². The van der Waals surface area contributed by atoms with E-state index >= 15 is 0 Å². The molecule has 0 aliphatic heterocycles. The molecule has 2 N–H and O–H groups in total. The number of unbranched alkanes of at least 4 members (excludes halogenated alkanes) is 1. The molecule has 0 fully saturated rings. The van der Waals surface area contributed by atoms with Crippen LogP contribution >= 0.6 is 0 Å². The number of hydrogen-bond donors (Lipinski definition) is 1. The standard InChI is InChI=1S/C17H30N2/c1-5-7-13-19(6-2)14-17(3,4)16(18)15-11-9-8-10-12-15/h8-12,16H,5-7,13-14,18H2,1-4H3. The highest BCUT2D eigenvalue weighted by molar-refractivity contribution is 5.20. The van der Waals surface area contributed by atoms with Crippen LogP contribution in [0.5, 0.6) is 0 Å². The van der Waals surface area contributed by atoms with Gasteiger partial charge in [0.15, 0.2) is 0 Å². The molecule has 0 bridgehead atoms. The molecule has 0 heterocycles. The van der Waals surface area contributed by atoms with Gasteiger partial charge in [-0.3, -0.25) is 0 Å². The molecule has 2 nitrogen and oxygen atoms in total. The normalized spacial score (nSPS) is 13.8. The van der Waals surface area contributed by atoms with Gasteiger partial charge in [-0.1, -0.05) is 64.4 Å². The quantitative estimate of drug-likeness (QED) is 0.771. The van der Waals surface area contributed by atoms with Crippen LogP contribution in [0.3, 0.4) is 0 Å². The molecular weight excluding hydrogens is 232 g/mol. The Labute approximate surface area is 119 Å². The Hall–Kier alpha value is -0.860. The third-order valence-electron chi connectivity index (χ3n) is 3.91. The van der Waals surface area contributed by atoms with E-state index in [0.717, 1.165) is 13.1 Å². The van der Waals surface area contributed by atoms with E-state index in [2.05, 4.69) is 56.9 Å². The zero-order valence-corrected chi connectivity index (χ0v) is 13.0. The number of nitrogens with two attached hydrogens (primary N) is 1. The summed E-state index contributed by atoms with van der Waals surface area (Å²) in [6, 6.07) is 10.5. The maximum atomic E-state index is 6.48. The monoisotopic (exact) mass is 262 g/mol. The van der Waals surface area contributed by atoms with Gasteiger partial charge in [-0.05, 0) is 30.5 Å². The maximum absolute atomic E-state index is 6.48. The molecule has 0 radical (unpaired) electrons. The molecular formula is C17H30N2. The molecule has 108 valence electrons. The fourth-order valence-corrected chi connectivity index (χ4v) is 2.52. The Morgan fingerprint density at radius 1 is 1.16 bits per heavy atom. The molecule has 19 heavy (non-hydrogen) atoms. The van der Waals surface area contributed by atoms with Crippen LogP contribution in [0.15, 0.2) is 30.3 Å². The van der Waals surface area contributed by atoms with Crippen molar-refractivity contribution in [1.82, 2.24) is 4.90 Å². The molecule has 0 aromatic heterocycles. The molecule has 0 aliphatic rings. The van der Waals surface area contributed by atoms with Gasteiger partial charge in [-0.25, -0.2) is 0 Å². The van der Waals surface area contributed by atoms with Crippen molar-refractivity contribution in [1.29, 1.82) is 0 Å². The van der Waals surface area contributed by atoms with Crippen molar-refractivity contribution in [2.24, 2.45) is 11.1 Å². The van der Waals surface area contributed by atoms with Crippen LogP contribution in [0.2, 0.25) is 0 Å². The Balaban J connectivity index is 2.68. The number of benzene rings is 1. The molecule has 0 spiro atoms. The van der Waals surface area contributed by atoms with Crippen LogP contribution in [0.4, 0.5) is 0 Å². The highest BCUT2D eigenvalue weighted by Crippen LogP contribution is 2.32. The number of nitrogens with zero attached hydrogens (tertiary/aromatic N) is 1. The van der Waals surface area contributed by atoms with Crippen molar-refractivity contribution >= 4 is 0 Å². The lowest BCUT2D eigenvalue weighted by Crippen LogP contribution is -2.41. The summed E-state index contributed by atoms with van der Waals surface area (Å²) in [5.74, 6) is 0. The van der Waals surface area contributed by atoms with E-state index in [1.807, 2.05) is 6.07 Å². The first kappa shape index (κ1) is 16.2. The van der Waals surface area contributed by atoms with Gasteiger partial charge in [0.2, 0.25) is 0 Å². The fraction of sp³-hybridized carbons (Fsp3) is 0.647. The molecule has 2 heteroatoms. The summed E-state index contributed by atoms with van der Waals surface area (Å²) in [7, 11) is 0. The third-order valence-corrected chi connectivity index (χ3v) is 3.91. The Morgan fingerprint density at radius 3 is 2.32 bits per heavy atom. The highest BCUT2D eigenvalue weighted by Gasteiger charge is 2.29. The number of rotatable bonds is 8. The van der Waals surface area contributed by atoms with Crippen LogP contribution in [0.1, 0.15) is 52.1 Å².